The summed E-state index contributed by atoms with van der Waals surface area (Å²) in [5.41, 5.74) is 1.49. The van der Waals surface area contributed by atoms with Gasteiger partial charge in [-0.15, -0.1) is 0 Å². The Labute approximate surface area is 118 Å². The molecule has 1 amide bonds. The van der Waals surface area contributed by atoms with Crippen molar-refractivity contribution in [2.45, 2.75) is 20.3 Å². The van der Waals surface area contributed by atoms with E-state index in [-0.39, 0.29) is 5.91 Å². The van der Waals surface area contributed by atoms with Crippen molar-refractivity contribution in [3.63, 3.8) is 0 Å². The van der Waals surface area contributed by atoms with E-state index in [0.29, 0.717) is 17.2 Å². The summed E-state index contributed by atoms with van der Waals surface area (Å²) in [6, 6.07) is 7.17. The van der Waals surface area contributed by atoms with Crippen molar-refractivity contribution in [1.29, 1.82) is 0 Å². The maximum atomic E-state index is 12.2. The number of carbonyl (C=O) groups excluding carboxylic acids is 1. The molecule has 0 bridgehead atoms. The first-order chi connectivity index (χ1) is 9.70. The average Bonchev–Trinajstić information content (AvgIpc) is 2.48. The fourth-order valence-electron chi connectivity index (χ4n) is 1.72. The van der Waals surface area contributed by atoms with E-state index in [1.54, 1.807) is 24.5 Å². The summed E-state index contributed by atoms with van der Waals surface area (Å²) in [6.07, 6.45) is 4.28. The normalized spacial score (nSPS) is 10.1. The fourth-order valence-corrected chi connectivity index (χ4v) is 1.72. The lowest BCUT2D eigenvalue weighted by Crippen LogP contribution is -2.14. The van der Waals surface area contributed by atoms with Crippen LogP contribution >= 0.6 is 0 Å². The molecule has 0 aliphatic heterocycles. The Balaban J connectivity index is 2.11. The molecule has 2 aromatic rings. The summed E-state index contributed by atoms with van der Waals surface area (Å²) >= 11 is 0. The predicted molar refractivity (Wildman–Crippen MR) is 79.9 cm³/mol. The topological polar surface area (TPSA) is 66.9 Å². The highest BCUT2D eigenvalue weighted by molar-refractivity contribution is 6.04. The summed E-state index contributed by atoms with van der Waals surface area (Å²) in [6.45, 7) is 4.81. The predicted octanol–water partition coefficient (Wildman–Crippen LogP) is 2.86. The number of nitrogens with zero attached hydrogens (tertiary/aromatic N) is 2. The summed E-state index contributed by atoms with van der Waals surface area (Å²) < 4.78 is 0. The van der Waals surface area contributed by atoms with Crippen LogP contribution in [0.2, 0.25) is 0 Å². The number of hydrogen-bond donors (Lipinski definition) is 2. The molecule has 5 heteroatoms. The average molecular weight is 270 g/mol. The van der Waals surface area contributed by atoms with Gasteiger partial charge in [-0.3, -0.25) is 4.79 Å². The van der Waals surface area contributed by atoms with E-state index in [9.17, 15) is 4.79 Å². The van der Waals surface area contributed by atoms with E-state index in [0.717, 1.165) is 18.5 Å². The zero-order valence-electron chi connectivity index (χ0n) is 11.7. The molecule has 2 heterocycles. The molecule has 2 rings (SSSR count). The van der Waals surface area contributed by atoms with E-state index in [1.807, 2.05) is 19.1 Å². The minimum Gasteiger partial charge on any atom is -0.370 e. The van der Waals surface area contributed by atoms with E-state index < -0.39 is 0 Å². The lowest BCUT2D eigenvalue weighted by atomic mass is 10.2. The van der Waals surface area contributed by atoms with Crippen LogP contribution in [-0.2, 0) is 0 Å². The number of nitrogens with one attached hydrogen (secondary N) is 2. The molecule has 0 saturated heterocycles. The van der Waals surface area contributed by atoms with Crippen LogP contribution in [0.3, 0.4) is 0 Å². The van der Waals surface area contributed by atoms with Crippen molar-refractivity contribution < 1.29 is 4.79 Å². The van der Waals surface area contributed by atoms with Crippen molar-refractivity contribution in [3.05, 3.63) is 47.8 Å². The lowest BCUT2D eigenvalue weighted by molar-refractivity contribution is 0.102. The molecule has 0 fully saturated rings. The molecule has 2 aromatic heterocycles. The van der Waals surface area contributed by atoms with Crippen LogP contribution in [0.25, 0.3) is 0 Å². The summed E-state index contributed by atoms with van der Waals surface area (Å²) in [5, 5.41) is 5.96. The molecular formula is C15H18N4O. The number of anilines is 2. The van der Waals surface area contributed by atoms with Gasteiger partial charge in [0.2, 0.25) is 0 Å². The van der Waals surface area contributed by atoms with Gasteiger partial charge < -0.3 is 10.6 Å². The third kappa shape index (κ3) is 3.54. The zero-order valence-corrected chi connectivity index (χ0v) is 11.7. The highest BCUT2D eigenvalue weighted by atomic mass is 16.1. The van der Waals surface area contributed by atoms with Gasteiger partial charge in [-0.2, -0.15) is 0 Å². The number of pyridine rings is 2. The van der Waals surface area contributed by atoms with E-state index in [1.165, 1.54) is 0 Å². The Morgan fingerprint density at radius 1 is 1.25 bits per heavy atom. The largest absolute Gasteiger partial charge is 0.370 e. The van der Waals surface area contributed by atoms with E-state index in [4.69, 9.17) is 0 Å². The molecule has 0 unspecified atom stereocenters. The van der Waals surface area contributed by atoms with Crippen LogP contribution in [0.5, 0.6) is 0 Å². The fraction of sp³-hybridized carbons (Fsp3) is 0.267. The van der Waals surface area contributed by atoms with Crippen LogP contribution < -0.4 is 10.6 Å². The van der Waals surface area contributed by atoms with Gasteiger partial charge in [0, 0.05) is 24.5 Å². The Morgan fingerprint density at radius 2 is 2.10 bits per heavy atom. The molecule has 0 saturated carbocycles. The third-order valence-electron chi connectivity index (χ3n) is 2.82. The second-order valence-electron chi connectivity index (χ2n) is 4.48. The van der Waals surface area contributed by atoms with Gasteiger partial charge in [-0.1, -0.05) is 13.0 Å². The highest BCUT2D eigenvalue weighted by Crippen LogP contribution is 2.13. The van der Waals surface area contributed by atoms with Gasteiger partial charge in [-0.25, -0.2) is 9.97 Å². The second-order valence-corrected chi connectivity index (χ2v) is 4.48. The van der Waals surface area contributed by atoms with Crippen LogP contribution in [0, 0.1) is 6.92 Å². The quantitative estimate of drug-likeness (QED) is 0.876. The van der Waals surface area contributed by atoms with Gasteiger partial charge in [0.15, 0.2) is 0 Å². The zero-order chi connectivity index (χ0) is 14.4. The molecule has 2 N–H and O–H groups in total. The molecule has 20 heavy (non-hydrogen) atoms. The Morgan fingerprint density at radius 3 is 2.85 bits per heavy atom. The number of aromatic nitrogens is 2. The van der Waals surface area contributed by atoms with E-state index >= 15 is 0 Å². The molecular weight excluding hydrogens is 252 g/mol. The standard InChI is InChI=1S/C15H18N4O/c1-3-7-16-13-10-12(6-9-17-13)15(20)19-14-11(2)5-4-8-18-14/h4-6,8-10H,3,7H2,1-2H3,(H,16,17)(H,18,19,20). The van der Waals surface area contributed by atoms with Gasteiger partial charge in [0.25, 0.3) is 5.91 Å². The Bertz CT molecular complexity index is 598. The summed E-state index contributed by atoms with van der Waals surface area (Å²) in [5.74, 6) is 1.10. The molecule has 0 radical (unpaired) electrons. The maximum absolute atomic E-state index is 12.2. The smallest absolute Gasteiger partial charge is 0.257 e. The van der Waals surface area contributed by atoms with Crippen LogP contribution in [0.4, 0.5) is 11.6 Å². The lowest BCUT2D eigenvalue weighted by Gasteiger charge is -2.08. The number of rotatable bonds is 5. The maximum Gasteiger partial charge on any atom is 0.257 e. The molecule has 0 aliphatic carbocycles. The second kappa shape index (κ2) is 6.65. The number of hydrogen-bond acceptors (Lipinski definition) is 4. The summed E-state index contributed by atoms with van der Waals surface area (Å²) in [7, 11) is 0. The monoisotopic (exact) mass is 270 g/mol. The molecule has 0 spiro atoms. The minimum atomic E-state index is -0.186. The summed E-state index contributed by atoms with van der Waals surface area (Å²) in [4.78, 5) is 20.5. The van der Waals surface area contributed by atoms with Crippen molar-refractivity contribution >= 4 is 17.5 Å². The van der Waals surface area contributed by atoms with Gasteiger partial charge in [0.05, 0.1) is 0 Å². The first-order valence-electron chi connectivity index (χ1n) is 6.63. The Hall–Kier alpha value is -2.43. The van der Waals surface area contributed by atoms with Crippen LogP contribution in [0.15, 0.2) is 36.7 Å². The Kier molecular flexibility index (Phi) is 4.65. The van der Waals surface area contributed by atoms with Gasteiger partial charge in [-0.05, 0) is 37.1 Å². The molecule has 104 valence electrons. The molecule has 0 aromatic carbocycles. The van der Waals surface area contributed by atoms with Crippen molar-refractivity contribution in [3.8, 4) is 0 Å². The van der Waals surface area contributed by atoms with Gasteiger partial charge >= 0.3 is 0 Å². The van der Waals surface area contributed by atoms with Crippen LogP contribution in [0.1, 0.15) is 29.3 Å². The molecule has 0 aliphatic rings. The van der Waals surface area contributed by atoms with E-state index in [2.05, 4.69) is 27.5 Å². The SMILES string of the molecule is CCCNc1cc(C(=O)Nc2ncccc2C)ccn1. The van der Waals surface area contributed by atoms with Crippen molar-refractivity contribution in [1.82, 2.24) is 9.97 Å². The molecule has 0 atom stereocenters. The van der Waals surface area contributed by atoms with Crippen molar-refractivity contribution in [2.75, 3.05) is 17.2 Å². The van der Waals surface area contributed by atoms with Crippen molar-refractivity contribution in [2.24, 2.45) is 0 Å². The highest BCUT2D eigenvalue weighted by Gasteiger charge is 2.09. The molecule has 5 nitrogen and oxygen atoms in total. The number of carbonyl (C=O) groups is 1. The first kappa shape index (κ1) is 14.0. The van der Waals surface area contributed by atoms with Crippen LogP contribution in [-0.4, -0.2) is 22.4 Å². The minimum absolute atomic E-state index is 0.186. The first-order valence-corrected chi connectivity index (χ1v) is 6.63. The van der Waals surface area contributed by atoms with Gasteiger partial charge in [0.1, 0.15) is 11.6 Å². The third-order valence-corrected chi connectivity index (χ3v) is 2.82. The number of amides is 1. The number of aryl methyl sites for hydroxylation is 1.